The van der Waals surface area contributed by atoms with Gasteiger partial charge in [-0.15, -0.1) is 0 Å². The lowest BCUT2D eigenvalue weighted by molar-refractivity contribution is -0.150. The first kappa shape index (κ1) is 17.0. The fraction of sp³-hybridized carbons (Fsp3) is 0.471. The highest BCUT2D eigenvalue weighted by atomic mass is 16.5. The molecule has 0 aromatic heterocycles. The van der Waals surface area contributed by atoms with E-state index < -0.39 is 17.9 Å². The molecule has 0 radical (unpaired) electrons. The Labute approximate surface area is 135 Å². The van der Waals surface area contributed by atoms with Crippen molar-refractivity contribution in [2.24, 2.45) is 11.7 Å². The molecule has 1 aromatic rings. The van der Waals surface area contributed by atoms with E-state index in [1.165, 1.54) is 6.92 Å². The number of amides is 2. The predicted octanol–water partition coefficient (Wildman–Crippen LogP) is 1.52. The van der Waals surface area contributed by atoms with Crippen LogP contribution < -0.4 is 11.1 Å². The molecule has 0 aliphatic heterocycles. The lowest BCUT2D eigenvalue weighted by Crippen LogP contribution is -2.45. The number of nitrogens with one attached hydrogen (secondary N) is 1. The molecule has 1 unspecified atom stereocenters. The maximum atomic E-state index is 12.4. The van der Waals surface area contributed by atoms with E-state index in [1.54, 1.807) is 24.3 Å². The van der Waals surface area contributed by atoms with Crippen molar-refractivity contribution in [1.82, 2.24) is 5.32 Å². The molecule has 1 aliphatic rings. The summed E-state index contributed by atoms with van der Waals surface area (Å²) < 4.78 is 5.33. The van der Waals surface area contributed by atoms with Gasteiger partial charge in [0.05, 0.1) is 0 Å². The molecular formula is C17H22N2O4. The summed E-state index contributed by atoms with van der Waals surface area (Å²) in [5, 5.41) is 2.69. The van der Waals surface area contributed by atoms with Crippen molar-refractivity contribution in [3.63, 3.8) is 0 Å². The Morgan fingerprint density at radius 3 is 2.52 bits per heavy atom. The molecule has 6 heteroatoms. The molecule has 2 amide bonds. The third-order valence-corrected chi connectivity index (χ3v) is 4.14. The first-order valence-corrected chi connectivity index (χ1v) is 7.80. The zero-order valence-corrected chi connectivity index (χ0v) is 13.2. The number of rotatable bonds is 6. The van der Waals surface area contributed by atoms with Gasteiger partial charge in [0.2, 0.25) is 11.8 Å². The lowest BCUT2D eigenvalue weighted by Gasteiger charge is -2.22. The Balaban J connectivity index is 2.04. The van der Waals surface area contributed by atoms with Crippen LogP contribution in [0.3, 0.4) is 0 Å². The molecule has 1 aliphatic carbocycles. The zero-order valence-electron chi connectivity index (χ0n) is 13.2. The molecule has 0 heterocycles. The maximum Gasteiger partial charge on any atom is 0.329 e. The molecule has 23 heavy (non-hydrogen) atoms. The third kappa shape index (κ3) is 4.55. The minimum absolute atomic E-state index is 0.0409. The van der Waals surface area contributed by atoms with E-state index in [9.17, 15) is 14.4 Å². The Morgan fingerprint density at radius 2 is 1.91 bits per heavy atom. The summed E-state index contributed by atoms with van der Waals surface area (Å²) in [4.78, 5) is 35.1. The summed E-state index contributed by atoms with van der Waals surface area (Å²) in [6.45, 7) is 1.35. The Morgan fingerprint density at radius 1 is 1.26 bits per heavy atom. The SMILES string of the molecule is CC(=O)NC(C(=O)OCc1ccccc1C(N)=O)C1CCCC1. The summed E-state index contributed by atoms with van der Waals surface area (Å²) in [5.74, 6) is -1.17. The van der Waals surface area contributed by atoms with E-state index in [4.69, 9.17) is 10.5 Å². The van der Waals surface area contributed by atoms with Gasteiger partial charge in [-0.25, -0.2) is 4.79 Å². The van der Waals surface area contributed by atoms with E-state index in [2.05, 4.69) is 5.32 Å². The largest absolute Gasteiger partial charge is 0.459 e. The van der Waals surface area contributed by atoms with Gasteiger partial charge in [0.25, 0.3) is 0 Å². The molecule has 6 nitrogen and oxygen atoms in total. The van der Waals surface area contributed by atoms with E-state index in [-0.39, 0.29) is 18.4 Å². The molecule has 2 rings (SSSR count). The van der Waals surface area contributed by atoms with Crippen molar-refractivity contribution < 1.29 is 19.1 Å². The average Bonchev–Trinajstić information content (AvgIpc) is 3.04. The van der Waals surface area contributed by atoms with Crippen LogP contribution in [-0.4, -0.2) is 23.8 Å². The number of hydrogen-bond acceptors (Lipinski definition) is 4. The van der Waals surface area contributed by atoms with Crippen LogP contribution in [0.1, 0.15) is 48.5 Å². The molecule has 0 saturated heterocycles. The van der Waals surface area contributed by atoms with E-state index in [1.807, 2.05) is 0 Å². The van der Waals surface area contributed by atoms with Crippen LogP contribution in [0.15, 0.2) is 24.3 Å². The minimum atomic E-state index is -0.629. The molecule has 124 valence electrons. The van der Waals surface area contributed by atoms with Crippen molar-refractivity contribution in [3.05, 3.63) is 35.4 Å². The number of carbonyl (C=O) groups excluding carboxylic acids is 3. The smallest absolute Gasteiger partial charge is 0.329 e. The van der Waals surface area contributed by atoms with Crippen LogP contribution in [0.25, 0.3) is 0 Å². The number of esters is 1. The maximum absolute atomic E-state index is 12.4. The molecule has 1 aromatic carbocycles. The van der Waals surface area contributed by atoms with Crippen LogP contribution in [0.4, 0.5) is 0 Å². The van der Waals surface area contributed by atoms with Crippen LogP contribution >= 0.6 is 0 Å². The number of primary amides is 1. The highest BCUT2D eigenvalue weighted by Gasteiger charge is 2.32. The molecule has 1 saturated carbocycles. The lowest BCUT2D eigenvalue weighted by atomic mass is 9.98. The third-order valence-electron chi connectivity index (χ3n) is 4.14. The van der Waals surface area contributed by atoms with E-state index in [0.29, 0.717) is 11.1 Å². The second kappa shape index (κ2) is 7.76. The summed E-state index contributed by atoms with van der Waals surface area (Å²) >= 11 is 0. The number of ether oxygens (including phenoxy) is 1. The van der Waals surface area contributed by atoms with E-state index >= 15 is 0 Å². The van der Waals surface area contributed by atoms with Crippen molar-refractivity contribution in [1.29, 1.82) is 0 Å². The zero-order chi connectivity index (χ0) is 16.8. The van der Waals surface area contributed by atoms with Crippen LogP contribution in [0.5, 0.6) is 0 Å². The molecule has 0 spiro atoms. The number of hydrogen-bond donors (Lipinski definition) is 2. The van der Waals surface area contributed by atoms with Gasteiger partial charge in [0, 0.05) is 18.1 Å². The summed E-state index contributed by atoms with van der Waals surface area (Å²) in [6.07, 6.45) is 3.91. The van der Waals surface area contributed by atoms with Crippen molar-refractivity contribution in [2.45, 2.75) is 45.3 Å². The molecule has 0 bridgehead atoms. The fourth-order valence-corrected chi connectivity index (χ4v) is 3.00. The number of nitrogens with two attached hydrogens (primary N) is 1. The van der Waals surface area contributed by atoms with Crippen molar-refractivity contribution in [2.75, 3.05) is 0 Å². The highest BCUT2D eigenvalue weighted by Crippen LogP contribution is 2.28. The van der Waals surface area contributed by atoms with Crippen LogP contribution in [-0.2, 0) is 20.9 Å². The summed E-state index contributed by atoms with van der Waals surface area (Å²) in [7, 11) is 0. The highest BCUT2D eigenvalue weighted by molar-refractivity contribution is 5.94. The minimum Gasteiger partial charge on any atom is -0.459 e. The van der Waals surface area contributed by atoms with Gasteiger partial charge >= 0.3 is 5.97 Å². The number of benzene rings is 1. The second-order valence-corrected chi connectivity index (χ2v) is 5.85. The van der Waals surface area contributed by atoms with Crippen molar-refractivity contribution in [3.8, 4) is 0 Å². The van der Waals surface area contributed by atoms with Gasteiger partial charge < -0.3 is 15.8 Å². The van der Waals surface area contributed by atoms with Gasteiger partial charge in [-0.2, -0.15) is 0 Å². The molecular weight excluding hydrogens is 296 g/mol. The average molecular weight is 318 g/mol. The summed E-state index contributed by atoms with van der Waals surface area (Å²) in [5.41, 5.74) is 6.20. The normalized spacial score (nSPS) is 15.9. The second-order valence-electron chi connectivity index (χ2n) is 5.85. The standard InChI is InChI=1S/C17H22N2O4/c1-11(20)19-15(12-6-2-3-7-12)17(22)23-10-13-8-4-5-9-14(13)16(18)21/h4-5,8-9,12,15H,2-3,6-7,10H2,1H3,(H2,18,21)(H,19,20). The van der Waals surface area contributed by atoms with Gasteiger partial charge in [0.1, 0.15) is 12.6 Å². The quantitative estimate of drug-likeness (QED) is 0.777. The monoisotopic (exact) mass is 318 g/mol. The predicted molar refractivity (Wildman–Crippen MR) is 84.3 cm³/mol. The topological polar surface area (TPSA) is 98.5 Å². The van der Waals surface area contributed by atoms with Crippen molar-refractivity contribution >= 4 is 17.8 Å². The summed E-state index contributed by atoms with van der Waals surface area (Å²) in [6, 6.07) is 6.10. The Bertz CT molecular complexity index is 594. The van der Waals surface area contributed by atoms with Gasteiger partial charge in [-0.05, 0) is 24.8 Å². The first-order chi connectivity index (χ1) is 11.0. The van der Waals surface area contributed by atoms with Crippen LogP contribution in [0.2, 0.25) is 0 Å². The molecule has 3 N–H and O–H groups in total. The Hall–Kier alpha value is -2.37. The Kier molecular flexibility index (Phi) is 5.73. The molecule has 1 fully saturated rings. The van der Waals surface area contributed by atoms with Gasteiger partial charge in [-0.3, -0.25) is 9.59 Å². The van der Waals surface area contributed by atoms with E-state index in [0.717, 1.165) is 25.7 Å². The number of carbonyl (C=O) groups is 3. The fourth-order valence-electron chi connectivity index (χ4n) is 3.00. The van der Waals surface area contributed by atoms with Gasteiger partial charge in [0.15, 0.2) is 0 Å². The van der Waals surface area contributed by atoms with Gasteiger partial charge in [-0.1, -0.05) is 31.0 Å². The molecule has 1 atom stereocenters. The first-order valence-electron chi connectivity index (χ1n) is 7.80. The van der Waals surface area contributed by atoms with Crippen LogP contribution in [0, 0.1) is 5.92 Å².